The number of benzene rings is 3. The molecule has 2 atom stereocenters. The lowest BCUT2D eigenvalue weighted by atomic mass is 9.94. The molecule has 1 aromatic heterocycles. The molecule has 0 radical (unpaired) electrons. The summed E-state index contributed by atoms with van der Waals surface area (Å²) in [5, 5.41) is 8.02. The fraction of sp³-hybridized carbons (Fsp3) is 0.241. The van der Waals surface area contributed by atoms with Crippen molar-refractivity contribution in [1.29, 1.82) is 0 Å². The molecule has 9 heteroatoms. The van der Waals surface area contributed by atoms with Crippen molar-refractivity contribution in [3.05, 3.63) is 108 Å². The van der Waals surface area contributed by atoms with Gasteiger partial charge in [-0.25, -0.2) is 8.78 Å². The molecule has 0 N–H and O–H groups in total. The summed E-state index contributed by atoms with van der Waals surface area (Å²) in [6.07, 6.45) is 4.33. The van der Waals surface area contributed by atoms with Gasteiger partial charge in [-0.1, -0.05) is 24.3 Å². The zero-order chi connectivity index (χ0) is 26.5. The fourth-order valence-corrected chi connectivity index (χ4v) is 4.78. The second-order valence-corrected chi connectivity index (χ2v) is 9.40. The van der Waals surface area contributed by atoms with Crippen LogP contribution >= 0.6 is 0 Å². The van der Waals surface area contributed by atoms with Gasteiger partial charge in [0, 0.05) is 13.0 Å². The lowest BCUT2D eigenvalue weighted by Gasteiger charge is -2.23. The molecule has 1 fully saturated rings. The van der Waals surface area contributed by atoms with Crippen molar-refractivity contribution in [2.45, 2.75) is 31.8 Å². The Morgan fingerprint density at radius 1 is 0.816 bits per heavy atom. The number of carbonyl (C=O) groups is 2. The zero-order valence-corrected chi connectivity index (χ0v) is 20.5. The molecule has 4 aromatic rings. The Morgan fingerprint density at radius 3 is 2.00 bits per heavy atom. The molecule has 0 saturated carbocycles. The Balaban J connectivity index is 1.26. The molecule has 0 spiro atoms. The maximum absolute atomic E-state index is 13.4. The van der Waals surface area contributed by atoms with E-state index in [4.69, 9.17) is 4.74 Å². The second-order valence-electron chi connectivity index (χ2n) is 9.40. The molecule has 0 aliphatic carbocycles. The average molecular weight is 517 g/mol. The molecule has 194 valence electrons. The molecular formula is C29H26F2N4O3. The quantitative estimate of drug-likeness (QED) is 0.325. The molecule has 1 aliphatic heterocycles. The molecule has 0 bridgehead atoms. The van der Waals surface area contributed by atoms with E-state index in [0.717, 1.165) is 11.1 Å². The Hall–Kier alpha value is -4.40. The van der Waals surface area contributed by atoms with Crippen molar-refractivity contribution in [3.63, 3.8) is 0 Å². The van der Waals surface area contributed by atoms with E-state index in [1.54, 1.807) is 41.3 Å². The standard InChI is InChI=1S/C29H26F2N4O3/c30-23-5-1-20(2-6-23)15-22-16-27(34(18-22)29(37)19-35-32-13-14-33-35)28(36)17-21-3-9-25(10-4-21)38-26-11-7-24(31)8-12-26/h1-14,22,27H,15-19H2/t22-,27+/m1/s1. The van der Waals surface area contributed by atoms with E-state index in [0.29, 0.717) is 30.9 Å². The summed E-state index contributed by atoms with van der Waals surface area (Å²) in [6.45, 7) is 0.383. The highest BCUT2D eigenvalue weighted by molar-refractivity contribution is 5.91. The minimum atomic E-state index is -0.571. The number of Topliss-reactive ketones (excluding diaryl/α,β-unsaturated/α-hetero) is 1. The van der Waals surface area contributed by atoms with E-state index in [1.807, 2.05) is 12.1 Å². The summed E-state index contributed by atoms with van der Waals surface area (Å²) in [6, 6.07) is 18.6. The van der Waals surface area contributed by atoms with Gasteiger partial charge < -0.3 is 9.64 Å². The van der Waals surface area contributed by atoms with Crippen LogP contribution in [0.25, 0.3) is 0 Å². The normalized spacial score (nSPS) is 16.9. The highest BCUT2D eigenvalue weighted by atomic mass is 19.1. The van der Waals surface area contributed by atoms with Gasteiger partial charge in [0.25, 0.3) is 0 Å². The van der Waals surface area contributed by atoms with Gasteiger partial charge in [0.05, 0.1) is 18.4 Å². The second kappa shape index (κ2) is 11.3. The number of ketones is 1. The third-order valence-electron chi connectivity index (χ3n) is 6.61. The summed E-state index contributed by atoms with van der Waals surface area (Å²) in [4.78, 5) is 29.5. The SMILES string of the molecule is O=C(Cc1ccc(Oc2ccc(F)cc2)cc1)[C@@H]1C[C@@H](Cc2ccc(F)cc2)CN1C(=O)Cn1nccn1. The van der Waals surface area contributed by atoms with Crippen molar-refractivity contribution in [3.8, 4) is 11.5 Å². The Morgan fingerprint density at radius 2 is 1.37 bits per heavy atom. The van der Waals surface area contributed by atoms with Gasteiger partial charge >= 0.3 is 0 Å². The Bertz CT molecular complexity index is 1380. The van der Waals surface area contributed by atoms with Crippen LogP contribution in [0.15, 0.2) is 85.2 Å². The van der Waals surface area contributed by atoms with Gasteiger partial charge in [-0.05, 0) is 78.4 Å². The summed E-state index contributed by atoms with van der Waals surface area (Å²) >= 11 is 0. The van der Waals surface area contributed by atoms with Crippen LogP contribution in [0, 0.1) is 17.6 Å². The van der Waals surface area contributed by atoms with Crippen molar-refractivity contribution in [2.24, 2.45) is 5.92 Å². The number of rotatable bonds is 9. The lowest BCUT2D eigenvalue weighted by Crippen LogP contribution is -2.43. The number of aromatic nitrogens is 3. The minimum absolute atomic E-state index is 0.0462. The maximum atomic E-state index is 13.4. The van der Waals surface area contributed by atoms with E-state index in [1.165, 1.54) is 41.5 Å². The Kier molecular flexibility index (Phi) is 7.53. The summed E-state index contributed by atoms with van der Waals surface area (Å²) in [7, 11) is 0. The molecular weight excluding hydrogens is 490 g/mol. The Labute approximate surface area is 218 Å². The number of nitrogens with zero attached hydrogens (tertiary/aromatic N) is 4. The minimum Gasteiger partial charge on any atom is -0.457 e. The summed E-state index contributed by atoms with van der Waals surface area (Å²) in [5.41, 5.74) is 1.76. The van der Waals surface area contributed by atoms with Crippen LogP contribution in [0.5, 0.6) is 11.5 Å². The van der Waals surface area contributed by atoms with Crippen molar-refractivity contribution >= 4 is 11.7 Å². The molecule has 2 heterocycles. The van der Waals surface area contributed by atoms with Crippen LogP contribution in [0.1, 0.15) is 17.5 Å². The van der Waals surface area contributed by atoms with E-state index in [2.05, 4.69) is 10.2 Å². The third kappa shape index (κ3) is 6.29. The maximum Gasteiger partial charge on any atom is 0.246 e. The van der Waals surface area contributed by atoms with Gasteiger partial charge in [-0.2, -0.15) is 15.0 Å². The zero-order valence-electron chi connectivity index (χ0n) is 20.5. The number of amides is 1. The predicted octanol–water partition coefficient (Wildman–Crippen LogP) is 4.62. The molecule has 3 aromatic carbocycles. The van der Waals surface area contributed by atoms with E-state index < -0.39 is 6.04 Å². The lowest BCUT2D eigenvalue weighted by molar-refractivity contribution is -0.138. The predicted molar refractivity (Wildman–Crippen MR) is 135 cm³/mol. The van der Waals surface area contributed by atoms with Crippen LogP contribution in [0.2, 0.25) is 0 Å². The van der Waals surface area contributed by atoms with Gasteiger partial charge in [0.15, 0.2) is 5.78 Å². The number of hydrogen-bond acceptors (Lipinski definition) is 5. The van der Waals surface area contributed by atoms with Gasteiger partial charge in [0.1, 0.15) is 29.7 Å². The van der Waals surface area contributed by atoms with Gasteiger partial charge in [-0.15, -0.1) is 0 Å². The molecule has 38 heavy (non-hydrogen) atoms. The average Bonchev–Trinajstić information content (AvgIpc) is 3.58. The molecule has 5 rings (SSSR count). The van der Waals surface area contributed by atoms with Crippen LogP contribution in [0.3, 0.4) is 0 Å². The molecule has 7 nitrogen and oxygen atoms in total. The number of likely N-dealkylation sites (tertiary alicyclic amines) is 1. The van der Waals surface area contributed by atoms with Crippen molar-refractivity contribution in [2.75, 3.05) is 6.54 Å². The van der Waals surface area contributed by atoms with Gasteiger partial charge in [-0.3, -0.25) is 9.59 Å². The van der Waals surface area contributed by atoms with Crippen molar-refractivity contribution in [1.82, 2.24) is 19.9 Å². The van der Waals surface area contributed by atoms with Crippen LogP contribution < -0.4 is 4.74 Å². The first-order chi connectivity index (χ1) is 18.4. The summed E-state index contributed by atoms with van der Waals surface area (Å²) < 4.78 is 32.2. The third-order valence-corrected chi connectivity index (χ3v) is 6.61. The van der Waals surface area contributed by atoms with Crippen LogP contribution in [-0.2, 0) is 29.0 Å². The number of hydrogen-bond donors (Lipinski definition) is 0. The fourth-order valence-electron chi connectivity index (χ4n) is 4.78. The largest absolute Gasteiger partial charge is 0.457 e. The smallest absolute Gasteiger partial charge is 0.246 e. The van der Waals surface area contributed by atoms with E-state index >= 15 is 0 Å². The first-order valence-corrected chi connectivity index (χ1v) is 12.4. The first-order valence-electron chi connectivity index (χ1n) is 12.4. The highest BCUT2D eigenvalue weighted by Gasteiger charge is 2.39. The van der Waals surface area contributed by atoms with Crippen LogP contribution in [-0.4, -0.2) is 44.2 Å². The highest BCUT2D eigenvalue weighted by Crippen LogP contribution is 2.29. The molecule has 1 saturated heterocycles. The topological polar surface area (TPSA) is 77.3 Å². The number of carbonyl (C=O) groups excluding carboxylic acids is 2. The molecule has 1 amide bonds. The summed E-state index contributed by atoms with van der Waals surface area (Å²) in [5.74, 6) is 0.225. The first kappa shape index (κ1) is 25.3. The van der Waals surface area contributed by atoms with E-state index in [-0.39, 0.29) is 42.2 Å². The molecule has 1 aliphatic rings. The van der Waals surface area contributed by atoms with Crippen molar-refractivity contribution < 1.29 is 23.1 Å². The van der Waals surface area contributed by atoms with E-state index in [9.17, 15) is 18.4 Å². The monoisotopic (exact) mass is 516 g/mol. The number of ether oxygens (including phenoxy) is 1. The number of halogens is 2. The van der Waals surface area contributed by atoms with Gasteiger partial charge in [0.2, 0.25) is 5.91 Å². The van der Waals surface area contributed by atoms with Crippen LogP contribution in [0.4, 0.5) is 8.78 Å². The molecule has 0 unspecified atom stereocenters.